The normalized spacial score (nSPS) is 10.5. The largest absolute Gasteiger partial charge is 0.293 e. The van der Waals surface area contributed by atoms with Crippen LogP contribution >= 0.6 is 15.9 Å². The average molecular weight is 196 g/mol. The minimum atomic E-state index is 0.911. The van der Waals surface area contributed by atoms with Crippen LogP contribution in [-0.4, -0.2) is 9.38 Å². The minimum absolute atomic E-state index is 0.911. The molecule has 0 amide bonds. The van der Waals surface area contributed by atoms with Crippen molar-refractivity contribution in [2.45, 2.75) is 0 Å². The second kappa shape index (κ2) is 2.09. The molecule has 0 saturated carbocycles. The van der Waals surface area contributed by atoms with Gasteiger partial charge in [0.2, 0.25) is 0 Å². The molecular weight excluding hydrogens is 192 g/mol. The van der Waals surface area contributed by atoms with Gasteiger partial charge in [0.1, 0.15) is 11.8 Å². The van der Waals surface area contributed by atoms with Crippen LogP contribution in [0.2, 0.25) is 0 Å². The van der Waals surface area contributed by atoms with Crippen molar-refractivity contribution in [2.24, 2.45) is 0 Å². The minimum Gasteiger partial charge on any atom is -0.293 e. The van der Waals surface area contributed by atoms with E-state index in [1.54, 1.807) is 6.20 Å². The lowest BCUT2D eigenvalue weighted by molar-refractivity contribution is 1.14. The third-order valence-corrected chi connectivity index (χ3v) is 1.97. The van der Waals surface area contributed by atoms with E-state index in [1.807, 2.05) is 22.6 Å². The third-order valence-electron chi connectivity index (χ3n) is 1.32. The number of hydrogen-bond acceptors (Lipinski definition) is 1. The molecule has 10 heavy (non-hydrogen) atoms. The Bertz CT molecular complexity index is 353. The van der Waals surface area contributed by atoms with Crippen LogP contribution in [0.3, 0.4) is 0 Å². The van der Waals surface area contributed by atoms with Gasteiger partial charge in [-0.2, -0.15) is 0 Å². The fourth-order valence-corrected chi connectivity index (χ4v) is 1.29. The first kappa shape index (κ1) is 5.92. The number of pyridine rings is 1. The van der Waals surface area contributed by atoms with Gasteiger partial charge < -0.3 is 0 Å². The zero-order valence-electron chi connectivity index (χ0n) is 5.08. The molecule has 0 N–H and O–H groups in total. The van der Waals surface area contributed by atoms with E-state index in [-0.39, 0.29) is 0 Å². The summed E-state index contributed by atoms with van der Waals surface area (Å²) in [4.78, 5) is 3.99. The van der Waals surface area contributed by atoms with Crippen molar-refractivity contribution in [1.82, 2.24) is 9.38 Å². The zero-order valence-corrected chi connectivity index (χ0v) is 6.67. The molecule has 0 bridgehead atoms. The summed E-state index contributed by atoms with van der Waals surface area (Å²) < 4.78 is 2.92. The van der Waals surface area contributed by atoms with Gasteiger partial charge in [-0.05, 0) is 28.1 Å². The standard InChI is InChI=1S/C7H4BrN2/c8-6-2-1-3-7-9-4-5-10(6)7/h1-3,5H. The Morgan fingerprint density at radius 3 is 3.20 bits per heavy atom. The van der Waals surface area contributed by atoms with Gasteiger partial charge >= 0.3 is 0 Å². The Kier molecular flexibility index (Phi) is 1.24. The average Bonchev–Trinajstić information content (AvgIpc) is 2.36. The number of halogens is 1. The van der Waals surface area contributed by atoms with Crippen LogP contribution in [0.15, 0.2) is 29.0 Å². The van der Waals surface area contributed by atoms with Crippen LogP contribution in [-0.2, 0) is 0 Å². The molecule has 0 aromatic carbocycles. The topological polar surface area (TPSA) is 17.3 Å². The first-order valence-electron chi connectivity index (χ1n) is 2.87. The molecular formula is C7H4BrN2. The molecule has 1 radical (unpaired) electrons. The highest BCUT2D eigenvalue weighted by Gasteiger charge is 1.94. The third kappa shape index (κ3) is 0.743. The summed E-state index contributed by atoms with van der Waals surface area (Å²) in [5.74, 6) is 0. The lowest BCUT2D eigenvalue weighted by Gasteiger charge is -1.93. The van der Waals surface area contributed by atoms with E-state index >= 15 is 0 Å². The molecule has 0 spiro atoms. The van der Waals surface area contributed by atoms with Gasteiger partial charge in [-0.1, -0.05) is 6.07 Å². The van der Waals surface area contributed by atoms with Crippen molar-refractivity contribution in [3.8, 4) is 0 Å². The maximum absolute atomic E-state index is 3.99. The van der Waals surface area contributed by atoms with E-state index in [0.717, 1.165) is 10.3 Å². The van der Waals surface area contributed by atoms with Crippen LogP contribution in [0.5, 0.6) is 0 Å². The molecule has 0 aliphatic heterocycles. The van der Waals surface area contributed by atoms with Crippen molar-refractivity contribution in [2.75, 3.05) is 0 Å². The molecule has 2 aromatic rings. The Morgan fingerprint density at radius 2 is 2.40 bits per heavy atom. The van der Waals surface area contributed by atoms with Crippen LogP contribution in [0, 0.1) is 6.20 Å². The first-order valence-corrected chi connectivity index (χ1v) is 3.67. The number of hydrogen-bond donors (Lipinski definition) is 0. The highest BCUT2D eigenvalue weighted by molar-refractivity contribution is 9.10. The van der Waals surface area contributed by atoms with Gasteiger partial charge in [0.15, 0.2) is 0 Å². The number of nitrogens with zero attached hydrogens (tertiary/aromatic N) is 2. The summed E-state index contributed by atoms with van der Waals surface area (Å²) in [5, 5.41) is 0. The highest BCUT2D eigenvalue weighted by Crippen LogP contribution is 2.10. The van der Waals surface area contributed by atoms with E-state index in [4.69, 9.17) is 0 Å². The van der Waals surface area contributed by atoms with Crippen LogP contribution in [0.25, 0.3) is 5.65 Å². The number of imidazole rings is 1. The quantitative estimate of drug-likeness (QED) is 0.588. The fourth-order valence-electron chi connectivity index (χ4n) is 0.855. The molecule has 3 heteroatoms. The molecule has 0 saturated heterocycles. The fraction of sp³-hybridized carbons (Fsp3) is 0. The van der Waals surface area contributed by atoms with Gasteiger partial charge in [0.25, 0.3) is 0 Å². The summed E-state index contributed by atoms with van der Waals surface area (Å²) in [6.07, 6.45) is 4.55. The summed E-state index contributed by atoms with van der Waals surface area (Å²) in [6, 6.07) is 5.84. The molecule has 0 unspecified atom stereocenters. The van der Waals surface area contributed by atoms with E-state index < -0.39 is 0 Å². The predicted octanol–water partition coefficient (Wildman–Crippen LogP) is 1.90. The van der Waals surface area contributed by atoms with Gasteiger partial charge in [-0.3, -0.25) is 4.40 Å². The molecule has 2 aromatic heterocycles. The second-order valence-corrected chi connectivity index (χ2v) is 2.76. The van der Waals surface area contributed by atoms with Crippen molar-refractivity contribution in [3.63, 3.8) is 0 Å². The van der Waals surface area contributed by atoms with Gasteiger partial charge in [-0.25, -0.2) is 4.98 Å². The molecule has 0 aliphatic carbocycles. The molecule has 2 heterocycles. The van der Waals surface area contributed by atoms with Crippen LogP contribution in [0.4, 0.5) is 0 Å². The number of fused-ring (bicyclic) bond motifs is 1. The number of rotatable bonds is 0. The molecule has 0 aliphatic rings. The van der Waals surface area contributed by atoms with Crippen LogP contribution < -0.4 is 0 Å². The van der Waals surface area contributed by atoms with Crippen molar-refractivity contribution in [3.05, 3.63) is 35.2 Å². The van der Waals surface area contributed by atoms with E-state index in [1.165, 1.54) is 0 Å². The van der Waals surface area contributed by atoms with Gasteiger partial charge in [-0.15, -0.1) is 0 Å². The second-order valence-electron chi connectivity index (χ2n) is 1.95. The molecule has 49 valence electrons. The monoisotopic (exact) mass is 195 g/mol. The smallest absolute Gasteiger partial charge is 0.138 e. The molecule has 2 rings (SSSR count). The van der Waals surface area contributed by atoms with E-state index in [9.17, 15) is 0 Å². The van der Waals surface area contributed by atoms with Gasteiger partial charge in [0.05, 0.1) is 4.60 Å². The van der Waals surface area contributed by atoms with E-state index in [2.05, 4.69) is 27.1 Å². The molecule has 2 nitrogen and oxygen atoms in total. The Morgan fingerprint density at radius 1 is 1.50 bits per heavy atom. The van der Waals surface area contributed by atoms with Crippen molar-refractivity contribution in [1.29, 1.82) is 0 Å². The molecule has 0 fully saturated rings. The maximum Gasteiger partial charge on any atom is 0.138 e. The summed E-state index contributed by atoms with van der Waals surface area (Å²) >= 11 is 3.38. The maximum atomic E-state index is 3.99. The Hall–Kier alpha value is -0.830. The predicted molar refractivity (Wildman–Crippen MR) is 41.7 cm³/mol. The lowest BCUT2D eigenvalue weighted by atomic mass is 10.5. The van der Waals surface area contributed by atoms with Crippen LogP contribution in [0.1, 0.15) is 0 Å². The van der Waals surface area contributed by atoms with Crippen molar-refractivity contribution >= 4 is 21.6 Å². The summed E-state index contributed by atoms with van der Waals surface area (Å²) in [5.41, 5.74) is 0.911. The van der Waals surface area contributed by atoms with Gasteiger partial charge in [0, 0.05) is 6.20 Å². The SMILES string of the molecule is Brc1cccc2n[c]cn12. The summed E-state index contributed by atoms with van der Waals surface area (Å²) in [7, 11) is 0. The molecule has 0 atom stereocenters. The highest BCUT2D eigenvalue weighted by atomic mass is 79.9. The van der Waals surface area contributed by atoms with E-state index in [0.29, 0.717) is 0 Å². The number of aromatic nitrogens is 2. The summed E-state index contributed by atoms with van der Waals surface area (Å²) in [6.45, 7) is 0. The Labute approximate surface area is 66.6 Å². The van der Waals surface area contributed by atoms with Crippen molar-refractivity contribution < 1.29 is 0 Å². The Balaban J connectivity index is 2.95. The first-order chi connectivity index (χ1) is 4.88. The lowest BCUT2D eigenvalue weighted by Crippen LogP contribution is -1.82. The zero-order chi connectivity index (χ0) is 6.97.